The average Bonchev–Trinajstić information content (AvgIpc) is 3.22. The summed E-state index contributed by atoms with van der Waals surface area (Å²) in [5.74, 6) is -0.858. The zero-order valence-corrected chi connectivity index (χ0v) is 39.3. The normalized spacial score (nSPS) is 11.8. The van der Waals surface area contributed by atoms with Gasteiger partial charge < -0.3 is 14.2 Å². The summed E-state index contributed by atoms with van der Waals surface area (Å²) in [6, 6.07) is 0. The van der Waals surface area contributed by atoms with Crippen molar-refractivity contribution in [1.82, 2.24) is 0 Å². The molecule has 0 spiro atoms. The van der Waals surface area contributed by atoms with Gasteiger partial charge in [-0.15, -0.1) is 0 Å². The van der Waals surface area contributed by atoms with Crippen LogP contribution in [0.5, 0.6) is 0 Å². The van der Waals surface area contributed by atoms with E-state index in [9.17, 15) is 14.4 Å². The standard InChI is InChI=1S/C52H100O6/c1-4-7-10-13-15-17-19-21-23-24-25-26-27-28-29-31-32-34-36-39-42-45-51(54)57-48-49(47-56-50(53)44-41-38-12-9-6-3)58-52(55)46-43-40-37-35-33-30-22-20-18-16-14-11-8-5-2/h49H,4-48H2,1-3H3. The van der Waals surface area contributed by atoms with Gasteiger partial charge in [-0.1, -0.05) is 258 Å². The molecule has 0 aliphatic rings. The van der Waals surface area contributed by atoms with Crippen molar-refractivity contribution in [2.45, 2.75) is 303 Å². The number of ether oxygens (including phenoxy) is 3. The molecule has 0 bridgehead atoms. The Hall–Kier alpha value is -1.59. The van der Waals surface area contributed by atoms with Crippen LogP contribution in [0.2, 0.25) is 0 Å². The summed E-state index contributed by atoms with van der Waals surface area (Å²) in [5.41, 5.74) is 0. The van der Waals surface area contributed by atoms with Crippen LogP contribution < -0.4 is 0 Å². The lowest BCUT2D eigenvalue weighted by Crippen LogP contribution is -2.30. The lowest BCUT2D eigenvalue weighted by molar-refractivity contribution is -0.167. The molecule has 0 saturated carbocycles. The number of rotatable bonds is 48. The molecule has 0 heterocycles. The molecule has 6 nitrogen and oxygen atoms in total. The van der Waals surface area contributed by atoms with Gasteiger partial charge in [-0.2, -0.15) is 0 Å². The van der Waals surface area contributed by atoms with E-state index < -0.39 is 6.10 Å². The third-order valence-corrected chi connectivity index (χ3v) is 11.9. The highest BCUT2D eigenvalue weighted by molar-refractivity contribution is 5.71. The number of unbranched alkanes of at least 4 members (excludes halogenated alkanes) is 37. The molecule has 0 aromatic heterocycles. The first-order valence-electron chi connectivity index (χ1n) is 26.0. The van der Waals surface area contributed by atoms with Crippen LogP contribution in [0.1, 0.15) is 297 Å². The Morgan fingerprint density at radius 1 is 0.276 bits per heavy atom. The lowest BCUT2D eigenvalue weighted by Gasteiger charge is -2.18. The van der Waals surface area contributed by atoms with E-state index in [1.54, 1.807) is 0 Å². The van der Waals surface area contributed by atoms with E-state index in [1.807, 2.05) is 0 Å². The van der Waals surface area contributed by atoms with Crippen molar-refractivity contribution in [2.24, 2.45) is 0 Å². The van der Waals surface area contributed by atoms with Crippen LogP contribution in [0, 0.1) is 0 Å². The minimum atomic E-state index is -0.758. The lowest BCUT2D eigenvalue weighted by atomic mass is 10.0. The molecule has 344 valence electrons. The van der Waals surface area contributed by atoms with E-state index in [0.29, 0.717) is 19.3 Å². The van der Waals surface area contributed by atoms with Crippen LogP contribution in [-0.2, 0) is 28.6 Å². The maximum atomic E-state index is 12.7. The van der Waals surface area contributed by atoms with Crippen molar-refractivity contribution >= 4 is 17.9 Å². The second kappa shape index (κ2) is 48.1. The predicted octanol–water partition coefficient (Wildman–Crippen LogP) is 16.8. The monoisotopic (exact) mass is 821 g/mol. The Kier molecular flexibility index (Phi) is 46.8. The van der Waals surface area contributed by atoms with Crippen LogP contribution in [0.25, 0.3) is 0 Å². The van der Waals surface area contributed by atoms with Gasteiger partial charge in [0, 0.05) is 19.3 Å². The summed E-state index contributed by atoms with van der Waals surface area (Å²) in [6.07, 6.45) is 51.3. The quantitative estimate of drug-likeness (QED) is 0.0346. The molecule has 0 aliphatic heterocycles. The number of carbonyl (C=O) groups is 3. The third kappa shape index (κ3) is 45.5. The number of carbonyl (C=O) groups excluding carboxylic acids is 3. The first-order chi connectivity index (χ1) is 28.5. The number of hydrogen-bond acceptors (Lipinski definition) is 6. The molecule has 0 aromatic rings. The Labute approximate surface area is 361 Å². The highest BCUT2D eigenvalue weighted by Crippen LogP contribution is 2.17. The predicted molar refractivity (Wildman–Crippen MR) is 247 cm³/mol. The molecular weight excluding hydrogens is 721 g/mol. The fourth-order valence-corrected chi connectivity index (χ4v) is 7.92. The summed E-state index contributed by atoms with van der Waals surface area (Å²) >= 11 is 0. The molecule has 0 saturated heterocycles. The van der Waals surface area contributed by atoms with Gasteiger partial charge in [-0.05, 0) is 19.3 Å². The molecule has 6 heteroatoms. The zero-order chi connectivity index (χ0) is 42.3. The second-order valence-electron chi connectivity index (χ2n) is 17.8. The molecule has 0 N–H and O–H groups in total. The fourth-order valence-electron chi connectivity index (χ4n) is 7.92. The van der Waals surface area contributed by atoms with Gasteiger partial charge in [0.2, 0.25) is 0 Å². The SMILES string of the molecule is CCCCCCCCCCCCCCCCCCCCCCCC(=O)OCC(COC(=O)CCCCCCC)OC(=O)CCCCCCCCCCCCCCCC. The van der Waals surface area contributed by atoms with E-state index in [2.05, 4.69) is 20.8 Å². The Morgan fingerprint density at radius 3 is 0.690 bits per heavy atom. The highest BCUT2D eigenvalue weighted by Gasteiger charge is 2.19. The van der Waals surface area contributed by atoms with Gasteiger partial charge in [0.05, 0.1) is 0 Å². The summed E-state index contributed by atoms with van der Waals surface area (Å²) in [5, 5.41) is 0. The summed E-state index contributed by atoms with van der Waals surface area (Å²) in [4.78, 5) is 37.6. The minimum Gasteiger partial charge on any atom is -0.462 e. The first kappa shape index (κ1) is 56.4. The maximum absolute atomic E-state index is 12.7. The third-order valence-electron chi connectivity index (χ3n) is 11.9. The van der Waals surface area contributed by atoms with Gasteiger partial charge in [-0.25, -0.2) is 0 Å². The van der Waals surface area contributed by atoms with E-state index in [-0.39, 0.29) is 31.1 Å². The van der Waals surface area contributed by atoms with Gasteiger partial charge in [0.15, 0.2) is 6.10 Å². The van der Waals surface area contributed by atoms with Crippen LogP contribution in [-0.4, -0.2) is 37.2 Å². The van der Waals surface area contributed by atoms with Gasteiger partial charge >= 0.3 is 17.9 Å². The molecule has 1 unspecified atom stereocenters. The zero-order valence-electron chi connectivity index (χ0n) is 39.3. The molecule has 0 fully saturated rings. The van der Waals surface area contributed by atoms with Gasteiger partial charge in [0.1, 0.15) is 13.2 Å². The topological polar surface area (TPSA) is 78.9 Å². The van der Waals surface area contributed by atoms with E-state index in [0.717, 1.165) is 64.2 Å². The van der Waals surface area contributed by atoms with Crippen molar-refractivity contribution in [2.75, 3.05) is 13.2 Å². The van der Waals surface area contributed by atoms with Crippen LogP contribution in [0.3, 0.4) is 0 Å². The molecular formula is C52H100O6. The van der Waals surface area contributed by atoms with Crippen molar-refractivity contribution < 1.29 is 28.6 Å². The van der Waals surface area contributed by atoms with Crippen molar-refractivity contribution in [3.8, 4) is 0 Å². The molecule has 0 amide bonds. The fraction of sp³-hybridized carbons (Fsp3) is 0.942. The van der Waals surface area contributed by atoms with Crippen LogP contribution >= 0.6 is 0 Å². The summed E-state index contributed by atoms with van der Waals surface area (Å²) in [7, 11) is 0. The van der Waals surface area contributed by atoms with Crippen molar-refractivity contribution in [1.29, 1.82) is 0 Å². The first-order valence-corrected chi connectivity index (χ1v) is 26.0. The highest BCUT2D eigenvalue weighted by atomic mass is 16.6. The molecule has 0 rings (SSSR count). The molecule has 58 heavy (non-hydrogen) atoms. The Morgan fingerprint density at radius 2 is 0.466 bits per heavy atom. The van der Waals surface area contributed by atoms with Crippen LogP contribution in [0.15, 0.2) is 0 Å². The maximum Gasteiger partial charge on any atom is 0.306 e. The molecule has 1 atom stereocenters. The molecule has 0 aliphatic carbocycles. The number of hydrogen-bond donors (Lipinski definition) is 0. The van der Waals surface area contributed by atoms with Gasteiger partial charge in [0.25, 0.3) is 0 Å². The summed E-state index contributed by atoms with van der Waals surface area (Å²) in [6.45, 7) is 6.60. The Bertz CT molecular complexity index is 859. The second-order valence-corrected chi connectivity index (χ2v) is 17.8. The van der Waals surface area contributed by atoms with Crippen molar-refractivity contribution in [3.05, 3.63) is 0 Å². The Balaban J connectivity index is 4.05. The van der Waals surface area contributed by atoms with E-state index >= 15 is 0 Å². The summed E-state index contributed by atoms with van der Waals surface area (Å²) < 4.78 is 16.7. The van der Waals surface area contributed by atoms with Crippen molar-refractivity contribution in [3.63, 3.8) is 0 Å². The van der Waals surface area contributed by atoms with E-state index in [4.69, 9.17) is 14.2 Å². The molecule has 0 aromatic carbocycles. The smallest absolute Gasteiger partial charge is 0.306 e. The average molecular weight is 821 g/mol. The van der Waals surface area contributed by atoms with E-state index in [1.165, 1.54) is 193 Å². The minimum absolute atomic E-state index is 0.0631. The molecule has 0 radical (unpaired) electrons. The number of esters is 3. The van der Waals surface area contributed by atoms with Gasteiger partial charge in [-0.3, -0.25) is 14.4 Å². The largest absolute Gasteiger partial charge is 0.462 e. The van der Waals surface area contributed by atoms with Crippen LogP contribution in [0.4, 0.5) is 0 Å².